The minimum atomic E-state index is -0.397. The van der Waals surface area contributed by atoms with E-state index in [1.165, 1.54) is 18.5 Å². The molecule has 0 saturated carbocycles. The smallest absolute Gasteiger partial charge is 0.338 e. The first kappa shape index (κ1) is 20.7. The molecule has 0 bridgehead atoms. The molecular weight excluding hydrogens is 417 g/mol. The molecule has 150 valence electrons. The van der Waals surface area contributed by atoms with Crippen molar-refractivity contribution in [2.24, 2.45) is 0 Å². The van der Waals surface area contributed by atoms with E-state index in [1.54, 1.807) is 41.9 Å². The first-order valence-corrected chi connectivity index (χ1v) is 9.42. The fourth-order valence-electron chi connectivity index (χ4n) is 2.42. The van der Waals surface area contributed by atoms with Crippen LogP contribution in [0.15, 0.2) is 48.8 Å². The Labute approximate surface area is 176 Å². The summed E-state index contributed by atoms with van der Waals surface area (Å²) in [4.78, 5) is 15.8. The molecule has 0 saturated heterocycles. The maximum atomic E-state index is 13.1. The summed E-state index contributed by atoms with van der Waals surface area (Å²) >= 11 is 11.3. The molecular formula is C19H17ClFN5O2S. The van der Waals surface area contributed by atoms with Crippen LogP contribution in [0.25, 0.3) is 0 Å². The summed E-state index contributed by atoms with van der Waals surface area (Å²) in [5.74, 6) is -0.481. The van der Waals surface area contributed by atoms with Crippen molar-refractivity contribution in [1.29, 1.82) is 0 Å². The standard InChI is InChI=1S/C19H17ClFN5O2S/c1-2-28-17(27)12-4-7-15(8-5-12)23-19(29)24-18-22-11-26(25-18)10-13-3-6-14(21)9-16(13)20/h3-9,11H,2,10H2,1H3,(H2,23,24,25,29). The van der Waals surface area contributed by atoms with Gasteiger partial charge in [0.25, 0.3) is 0 Å². The number of hydrogen-bond donors (Lipinski definition) is 2. The Hall–Kier alpha value is -3.04. The number of hydrogen-bond acceptors (Lipinski definition) is 5. The van der Waals surface area contributed by atoms with E-state index in [0.717, 1.165) is 0 Å². The number of anilines is 2. The topological polar surface area (TPSA) is 81.1 Å². The third-order valence-electron chi connectivity index (χ3n) is 3.76. The Morgan fingerprint density at radius 3 is 2.69 bits per heavy atom. The van der Waals surface area contributed by atoms with Crippen molar-refractivity contribution in [3.63, 3.8) is 0 Å². The number of halogens is 2. The molecule has 7 nitrogen and oxygen atoms in total. The van der Waals surface area contributed by atoms with Crippen molar-refractivity contribution >= 4 is 46.5 Å². The average Bonchev–Trinajstić information content (AvgIpc) is 3.11. The van der Waals surface area contributed by atoms with Crippen molar-refractivity contribution in [1.82, 2.24) is 14.8 Å². The average molecular weight is 434 g/mol. The van der Waals surface area contributed by atoms with Crippen LogP contribution in [0.2, 0.25) is 5.02 Å². The van der Waals surface area contributed by atoms with Crippen molar-refractivity contribution in [3.8, 4) is 0 Å². The van der Waals surface area contributed by atoms with Crippen LogP contribution in [-0.2, 0) is 11.3 Å². The molecule has 0 aliphatic heterocycles. The lowest BCUT2D eigenvalue weighted by atomic mass is 10.2. The molecule has 0 aliphatic carbocycles. The van der Waals surface area contributed by atoms with Gasteiger partial charge >= 0.3 is 5.97 Å². The van der Waals surface area contributed by atoms with Gasteiger partial charge in [0.2, 0.25) is 5.95 Å². The third kappa shape index (κ3) is 5.72. The fourth-order valence-corrected chi connectivity index (χ4v) is 2.86. The van der Waals surface area contributed by atoms with E-state index in [4.69, 9.17) is 28.6 Å². The molecule has 0 spiro atoms. The summed E-state index contributed by atoms with van der Waals surface area (Å²) in [5, 5.41) is 10.7. The highest BCUT2D eigenvalue weighted by Crippen LogP contribution is 2.18. The van der Waals surface area contributed by atoms with E-state index in [0.29, 0.717) is 40.9 Å². The second-order valence-corrected chi connectivity index (χ2v) is 6.69. The molecule has 0 atom stereocenters. The van der Waals surface area contributed by atoms with E-state index in [2.05, 4.69) is 20.7 Å². The summed E-state index contributed by atoms with van der Waals surface area (Å²) in [6.45, 7) is 2.41. The van der Waals surface area contributed by atoms with E-state index in [1.807, 2.05) is 0 Å². The number of benzene rings is 2. The number of esters is 1. The summed E-state index contributed by atoms with van der Waals surface area (Å²) in [7, 11) is 0. The lowest BCUT2D eigenvalue weighted by Crippen LogP contribution is -2.20. The van der Waals surface area contributed by atoms with Gasteiger partial charge in [0.15, 0.2) is 5.11 Å². The number of nitrogens with one attached hydrogen (secondary N) is 2. The van der Waals surface area contributed by atoms with Gasteiger partial charge in [0, 0.05) is 10.7 Å². The maximum Gasteiger partial charge on any atom is 0.338 e. The number of aromatic nitrogens is 3. The molecule has 1 aromatic heterocycles. The Kier molecular flexibility index (Phi) is 6.73. The van der Waals surface area contributed by atoms with Crippen molar-refractivity contribution in [2.45, 2.75) is 13.5 Å². The van der Waals surface area contributed by atoms with Gasteiger partial charge in [-0.2, -0.15) is 0 Å². The molecule has 3 rings (SSSR count). The van der Waals surface area contributed by atoms with Crippen LogP contribution in [0.5, 0.6) is 0 Å². The zero-order chi connectivity index (χ0) is 20.8. The molecule has 2 aromatic carbocycles. The predicted octanol–water partition coefficient (Wildman–Crippen LogP) is 4.10. The van der Waals surface area contributed by atoms with Gasteiger partial charge in [0.05, 0.1) is 18.7 Å². The predicted molar refractivity (Wildman–Crippen MR) is 113 cm³/mol. The number of thiocarbonyl (C=S) groups is 1. The molecule has 1 heterocycles. The van der Waals surface area contributed by atoms with Crippen molar-refractivity contribution in [2.75, 3.05) is 17.2 Å². The summed E-state index contributed by atoms with van der Waals surface area (Å²) in [5.41, 5.74) is 1.86. The van der Waals surface area contributed by atoms with E-state index in [-0.39, 0.29) is 11.1 Å². The first-order valence-electron chi connectivity index (χ1n) is 8.63. The van der Waals surface area contributed by atoms with Crippen molar-refractivity contribution in [3.05, 3.63) is 70.8 Å². The minimum Gasteiger partial charge on any atom is -0.462 e. The first-order chi connectivity index (χ1) is 13.9. The lowest BCUT2D eigenvalue weighted by Gasteiger charge is -2.09. The van der Waals surface area contributed by atoms with E-state index in [9.17, 15) is 9.18 Å². The van der Waals surface area contributed by atoms with E-state index >= 15 is 0 Å². The van der Waals surface area contributed by atoms with Crippen LogP contribution in [0, 0.1) is 5.82 Å². The highest BCUT2D eigenvalue weighted by molar-refractivity contribution is 7.80. The van der Waals surface area contributed by atoms with Crippen LogP contribution < -0.4 is 10.6 Å². The molecule has 0 aliphatic rings. The lowest BCUT2D eigenvalue weighted by molar-refractivity contribution is 0.0526. The molecule has 0 unspecified atom stereocenters. The maximum absolute atomic E-state index is 13.1. The summed E-state index contributed by atoms with van der Waals surface area (Å²) in [6.07, 6.45) is 1.51. The van der Waals surface area contributed by atoms with Gasteiger partial charge in [-0.3, -0.25) is 5.32 Å². The van der Waals surface area contributed by atoms with Crippen molar-refractivity contribution < 1.29 is 13.9 Å². The second kappa shape index (κ2) is 9.44. The van der Waals surface area contributed by atoms with Gasteiger partial charge < -0.3 is 10.1 Å². The Morgan fingerprint density at radius 1 is 1.24 bits per heavy atom. The van der Waals surface area contributed by atoms with E-state index < -0.39 is 5.82 Å². The highest BCUT2D eigenvalue weighted by atomic mass is 35.5. The third-order valence-corrected chi connectivity index (χ3v) is 4.32. The van der Waals surface area contributed by atoms with Crippen LogP contribution in [0.3, 0.4) is 0 Å². The quantitative estimate of drug-likeness (QED) is 0.447. The molecule has 29 heavy (non-hydrogen) atoms. The van der Waals surface area contributed by atoms with Crippen LogP contribution in [-0.4, -0.2) is 32.5 Å². The molecule has 0 radical (unpaired) electrons. The van der Waals surface area contributed by atoms with Gasteiger partial charge in [-0.25, -0.2) is 18.9 Å². The van der Waals surface area contributed by atoms with Gasteiger partial charge in [0.1, 0.15) is 12.1 Å². The fraction of sp³-hybridized carbons (Fsp3) is 0.158. The number of carbonyl (C=O) groups is 1. The number of nitrogens with zero attached hydrogens (tertiary/aromatic N) is 3. The molecule has 2 N–H and O–H groups in total. The number of carbonyl (C=O) groups excluding carboxylic acids is 1. The SMILES string of the molecule is CCOC(=O)c1ccc(NC(=S)Nc2ncn(Cc3ccc(F)cc3Cl)n2)cc1. The van der Waals surface area contributed by atoms with Gasteiger partial charge in [-0.1, -0.05) is 17.7 Å². The molecule has 3 aromatic rings. The zero-order valence-corrected chi connectivity index (χ0v) is 16.9. The van der Waals surface area contributed by atoms with Crippen LogP contribution in [0.4, 0.5) is 16.0 Å². The highest BCUT2D eigenvalue weighted by Gasteiger charge is 2.09. The largest absolute Gasteiger partial charge is 0.462 e. The minimum absolute atomic E-state index is 0.284. The Morgan fingerprint density at radius 2 is 2.00 bits per heavy atom. The molecule has 0 fully saturated rings. The monoisotopic (exact) mass is 433 g/mol. The normalized spacial score (nSPS) is 10.4. The number of rotatable bonds is 6. The second-order valence-electron chi connectivity index (χ2n) is 5.88. The van der Waals surface area contributed by atoms with Gasteiger partial charge in [-0.15, -0.1) is 5.10 Å². The molecule has 0 amide bonds. The van der Waals surface area contributed by atoms with Crippen LogP contribution in [0.1, 0.15) is 22.8 Å². The van der Waals surface area contributed by atoms with Gasteiger partial charge in [-0.05, 0) is 61.1 Å². The Balaban J connectivity index is 1.56. The van der Waals surface area contributed by atoms with Crippen LogP contribution >= 0.6 is 23.8 Å². The zero-order valence-electron chi connectivity index (χ0n) is 15.4. The number of ether oxygens (including phenoxy) is 1. The summed E-state index contributed by atoms with van der Waals surface area (Å²) < 4.78 is 19.6. The Bertz CT molecular complexity index is 1030. The molecule has 10 heteroatoms. The summed E-state index contributed by atoms with van der Waals surface area (Å²) in [6, 6.07) is 10.9.